The van der Waals surface area contributed by atoms with Gasteiger partial charge in [-0.05, 0) is 57.4 Å². The van der Waals surface area contributed by atoms with Crippen LogP contribution in [0.1, 0.15) is 72.6 Å². The van der Waals surface area contributed by atoms with Gasteiger partial charge in [0.15, 0.2) is 0 Å². The highest BCUT2D eigenvalue weighted by Gasteiger charge is 2.27. The maximum absolute atomic E-state index is 12.1. The number of Topliss-reactive ketones (excluding diaryl/α,β-unsaturated/α-hetero) is 2. The summed E-state index contributed by atoms with van der Waals surface area (Å²) in [6.07, 6.45) is 7.03. The van der Waals surface area contributed by atoms with E-state index in [0.717, 1.165) is 0 Å². The van der Waals surface area contributed by atoms with Crippen molar-refractivity contribution in [2.24, 2.45) is 5.10 Å². The molecule has 2 rings (SSSR count). The van der Waals surface area contributed by atoms with E-state index in [0.29, 0.717) is 44.9 Å². The summed E-state index contributed by atoms with van der Waals surface area (Å²) in [5, 5.41) is 16.9. The van der Waals surface area contributed by atoms with E-state index in [9.17, 15) is 9.59 Å². The normalized spacial score (nSPS) is 14.4. The first kappa shape index (κ1) is 20.9. The first-order chi connectivity index (χ1) is 12.7. The lowest BCUT2D eigenvalue weighted by atomic mass is 9.94. The molecule has 10 heteroatoms. The fraction of sp³-hybridized carbons (Fsp3) is 0.765. The Balaban J connectivity index is 1.61. The molecule has 0 saturated carbocycles. The summed E-state index contributed by atoms with van der Waals surface area (Å²) in [5.74, 6) is 0.363. The average Bonchev–Trinajstić information content (AvgIpc) is 3.32. The van der Waals surface area contributed by atoms with Crippen molar-refractivity contribution in [3.05, 3.63) is 6.33 Å². The first-order valence-electron chi connectivity index (χ1n) is 9.31. The Morgan fingerprint density at radius 2 is 1.59 bits per heavy atom. The van der Waals surface area contributed by atoms with Crippen LogP contribution in [0.4, 0.5) is 0 Å². The molecule has 0 amide bonds. The predicted octanol–water partition coefficient (Wildman–Crippen LogP) is 1.32. The van der Waals surface area contributed by atoms with Crippen molar-refractivity contribution in [1.29, 1.82) is 0 Å². The van der Waals surface area contributed by atoms with Crippen LogP contribution in [0.2, 0.25) is 0 Å². The number of carbonyl (C=O) groups excluding carboxylic acids is 2. The second-order valence-electron chi connectivity index (χ2n) is 8.15. The molecule has 1 aromatic rings. The number of hydrogen-bond acceptors (Lipinski definition) is 9. The molecule has 0 bridgehead atoms. The van der Waals surface area contributed by atoms with Crippen LogP contribution in [0.15, 0.2) is 11.4 Å². The van der Waals surface area contributed by atoms with Gasteiger partial charge in [0.2, 0.25) is 0 Å². The summed E-state index contributed by atoms with van der Waals surface area (Å²) in [6, 6.07) is 0. The van der Waals surface area contributed by atoms with Gasteiger partial charge < -0.3 is 0 Å². The lowest BCUT2D eigenvalue weighted by molar-refractivity contribution is -0.121. The largest absolute Gasteiger partial charge is 0.300 e. The Bertz CT molecular complexity index is 654. The van der Waals surface area contributed by atoms with Crippen LogP contribution in [-0.4, -0.2) is 48.7 Å². The van der Waals surface area contributed by atoms with E-state index in [1.54, 1.807) is 17.3 Å². The number of tetrazole rings is 1. The fourth-order valence-electron chi connectivity index (χ4n) is 2.80. The van der Waals surface area contributed by atoms with Gasteiger partial charge in [0.05, 0.1) is 11.1 Å². The molecule has 0 saturated heterocycles. The van der Waals surface area contributed by atoms with E-state index in [-0.39, 0.29) is 22.6 Å². The molecule has 0 radical (unpaired) electrons. The Morgan fingerprint density at radius 1 is 0.963 bits per heavy atom. The maximum atomic E-state index is 12.1. The van der Waals surface area contributed by atoms with E-state index in [4.69, 9.17) is 0 Å². The van der Waals surface area contributed by atoms with E-state index in [1.165, 1.54) is 0 Å². The van der Waals surface area contributed by atoms with Crippen molar-refractivity contribution in [3.8, 4) is 0 Å². The molecule has 1 aliphatic rings. The molecule has 2 N–H and O–H groups in total. The van der Waals surface area contributed by atoms with Crippen molar-refractivity contribution in [2.45, 2.75) is 83.7 Å². The predicted molar refractivity (Wildman–Crippen MR) is 100 cm³/mol. The molecule has 0 unspecified atom stereocenters. The van der Waals surface area contributed by atoms with Crippen LogP contribution in [0, 0.1) is 0 Å². The molecule has 10 nitrogen and oxygen atoms in total. The van der Waals surface area contributed by atoms with Crippen LogP contribution in [0.25, 0.3) is 0 Å². The summed E-state index contributed by atoms with van der Waals surface area (Å²) in [5.41, 5.74) is 5.04. The molecule has 0 aromatic carbocycles. The van der Waals surface area contributed by atoms with E-state index in [1.807, 2.05) is 32.7 Å². The second kappa shape index (κ2) is 9.03. The van der Waals surface area contributed by atoms with E-state index in [2.05, 4.69) is 31.7 Å². The lowest BCUT2D eigenvalue weighted by Crippen LogP contribution is -2.51. The van der Waals surface area contributed by atoms with Crippen LogP contribution >= 0.6 is 0 Å². The van der Waals surface area contributed by atoms with Gasteiger partial charge >= 0.3 is 0 Å². The standard InChI is InChI=1S/C17H30N8O2/c1-16(2,24-12-18-20-22-24)10-8-14(26)6-5-7-15(27)9-11-17(3,4)25-13-19-21-23-25/h12-13,20,22H,5-11H2,1-4H3. The number of rotatable bonds is 12. The van der Waals surface area contributed by atoms with Gasteiger partial charge in [-0.1, -0.05) is 0 Å². The Kier molecular flexibility index (Phi) is 7.00. The minimum atomic E-state index is -0.303. The Morgan fingerprint density at radius 3 is 2.11 bits per heavy atom. The van der Waals surface area contributed by atoms with Crippen molar-refractivity contribution in [2.75, 3.05) is 0 Å². The minimum Gasteiger partial charge on any atom is -0.300 e. The summed E-state index contributed by atoms with van der Waals surface area (Å²) < 4.78 is 1.67. The number of nitrogens with one attached hydrogen (secondary N) is 2. The summed E-state index contributed by atoms with van der Waals surface area (Å²) in [4.78, 5) is 24.3. The number of carbonyl (C=O) groups is 2. The molecule has 1 aliphatic heterocycles. The first-order valence-corrected chi connectivity index (χ1v) is 9.31. The summed E-state index contributed by atoms with van der Waals surface area (Å²) >= 11 is 0. The Hall–Kier alpha value is -2.36. The molecule has 0 spiro atoms. The third-order valence-electron chi connectivity index (χ3n) is 4.97. The maximum Gasteiger partial charge on any atom is 0.138 e. The smallest absolute Gasteiger partial charge is 0.138 e. The number of aromatic nitrogens is 4. The molecule has 0 fully saturated rings. The highest BCUT2D eigenvalue weighted by Crippen LogP contribution is 2.21. The minimum absolute atomic E-state index is 0.174. The van der Waals surface area contributed by atoms with Gasteiger partial charge in [-0.25, -0.2) is 10.2 Å². The van der Waals surface area contributed by atoms with E-state index >= 15 is 0 Å². The van der Waals surface area contributed by atoms with Crippen LogP contribution in [0.3, 0.4) is 0 Å². The van der Waals surface area contributed by atoms with Crippen molar-refractivity contribution in [3.63, 3.8) is 0 Å². The van der Waals surface area contributed by atoms with E-state index < -0.39 is 0 Å². The van der Waals surface area contributed by atoms with Crippen molar-refractivity contribution in [1.82, 2.24) is 36.3 Å². The molecule has 0 atom stereocenters. The number of hydrazine groups is 2. The molecule has 150 valence electrons. The van der Waals surface area contributed by atoms with Gasteiger partial charge in [-0.15, -0.1) is 10.6 Å². The van der Waals surface area contributed by atoms with Crippen molar-refractivity contribution < 1.29 is 9.59 Å². The number of hydrazone groups is 1. The topological polar surface area (TPSA) is 117 Å². The van der Waals surface area contributed by atoms with Crippen LogP contribution in [-0.2, 0) is 15.1 Å². The van der Waals surface area contributed by atoms with Gasteiger partial charge in [0, 0.05) is 25.7 Å². The lowest BCUT2D eigenvalue weighted by Gasteiger charge is -2.33. The number of hydrogen-bond donors (Lipinski definition) is 2. The average molecular weight is 378 g/mol. The number of nitrogens with zero attached hydrogens (tertiary/aromatic N) is 6. The molecule has 0 aliphatic carbocycles. The SMILES string of the molecule is CC(C)(CCC(=O)CCCC(=O)CCC(C)(C)n1cnnn1)N1C=NNN1. The summed E-state index contributed by atoms with van der Waals surface area (Å²) in [6.45, 7) is 8.08. The van der Waals surface area contributed by atoms with Gasteiger partial charge in [0.25, 0.3) is 0 Å². The second-order valence-corrected chi connectivity index (χ2v) is 8.15. The third kappa shape index (κ3) is 6.38. The van der Waals surface area contributed by atoms with Gasteiger partial charge in [-0.2, -0.15) is 5.10 Å². The zero-order valence-corrected chi connectivity index (χ0v) is 16.6. The quantitative estimate of drug-likeness (QED) is 0.559. The highest BCUT2D eigenvalue weighted by atomic mass is 16.1. The monoisotopic (exact) mass is 378 g/mol. The van der Waals surface area contributed by atoms with Gasteiger partial charge in [0.1, 0.15) is 24.2 Å². The van der Waals surface area contributed by atoms with Crippen LogP contribution < -0.4 is 11.1 Å². The fourth-order valence-corrected chi connectivity index (χ4v) is 2.80. The molecular formula is C17H30N8O2. The molecule has 27 heavy (non-hydrogen) atoms. The number of ketones is 2. The summed E-state index contributed by atoms with van der Waals surface area (Å²) in [7, 11) is 0. The molecule has 1 aromatic heterocycles. The molecule has 2 heterocycles. The third-order valence-corrected chi connectivity index (χ3v) is 4.97. The Labute approximate surface area is 159 Å². The zero-order valence-electron chi connectivity index (χ0n) is 16.6. The van der Waals surface area contributed by atoms with Crippen LogP contribution in [0.5, 0.6) is 0 Å². The molecular weight excluding hydrogens is 348 g/mol. The zero-order chi connectivity index (χ0) is 19.9. The van der Waals surface area contributed by atoms with Gasteiger partial charge in [-0.3, -0.25) is 14.6 Å². The van der Waals surface area contributed by atoms with Crippen molar-refractivity contribution >= 4 is 17.9 Å². The highest BCUT2D eigenvalue weighted by molar-refractivity contribution is 5.81.